The van der Waals surface area contributed by atoms with Crippen molar-refractivity contribution >= 4 is 22.0 Å². The van der Waals surface area contributed by atoms with E-state index in [0.29, 0.717) is 0 Å². The first-order valence-corrected chi connectivity index (χ1v) is 7.15. The number of hydrogen-bond acceptors (Lipinski definition) is 2. The van der Waals surface area contributed by atoms with Crippen LogP contribution in [-0.2, 0) is 4.74 Å². The second-order valence-corrected chi connectivity index (χ2v) is 5.88. The SMILES string of the molecule is CC(C)(C)OC(=O)NC(CCBr)c1ccccc1. The van der Waals surface area contributed by atoms with Crippen molar-refractivity contribution in [1.82, 2.24) is 5.32 Å². The van der Waals surface area contributed by atoms with Crippen molar-refractivity contribution in [3.8, 4) is 0 Å². The normalized spacial score (nSPS) is 12.9. The van der Waals surface area contributed by atoms with Gasteiger partial charge in [0.05, 0.1) is 6.04 Å². The summed E-state index contributed by atoms with van der Waals surface area (Å²) < 4.78 is 5.27. The zero-order valence-corrected chi connectivity index (χ0v) is 12.7. The van der Waals surface area contributed by atoms with Crippen LogP contribution in [-0.4, -0.2) is 17.0 Å². The molecule has 0 fully saturated rings. The van der Waals surface area contributed by atoms with Gasteiger partial charge in [-0.05, 0) is 32.8 Å². The fourth-order valence-electron chi connectivity index (χ4n) is 1.57. The first-order chi connectivity index (χ1) is 8.42. The summed E-state index contributed by atoms with van der Waals surface area (Å²) in [5.74, 6) is 0. The van der Waals surface area contributed by atoms with Crippen LogP contribution in [0.25, 0.3) is 0 Å². The molecule has 0 spiro atoms. The van der Waals surface area contributed by atoms with E-state index < -0.39 is 5.60 Å². The highest BCUT2D eigenvalue weighted by Gasteiger charge is 2.19. The third-order valence-electron chi connectivity index (χ3n) is 2.29. The summed E-state index contributed by atoms with van der Waals surface area (Å²) in [5.41, 5.74) is 0.613. The number of halogens is 1. The summed E-state index contributed by atoms with van der Waals surface area (Å²) in [7, 11) is 0. The van der Waals surface area contributed by atoms with Gasteiger partial charge in [-0.3, -0.25) is 0 Å². The van der Waals surface area contributed by atoms with Gasteiger partial charge in [-0.2, -0.15) is 0 Å². The van der Waals surface area contributed by atoms with Crippen molar-refractivity contribution in [3.05, 3.63) is 35.9 Å². The lowest BCUT2D eigenvalue weighted by Gasteiger charge is -2.23. The monoisotopic (exact) mass is 313 g/mol. The molecule has 1 unspecified atom stereocenters. The number of rotatable bonds is 4. The molecule has 1 amide bonds. The van der Waals surface area contributed by atoms with E-state index in [0.717, 1.165) is 17.3 Å². The predicted molar refractivity (Wildman–Crippen MR) is 77.0 cm³/mol. The van der Waals surface area contributed by atoms with Crippen molar-refractivity contribution in [2.75, 3.05) is 5.33 Å². The highest BCUT2D eigenvalue weighted by molar-refractivity contribution is 9.09. The molecule has 0 radical (unpaired) electrons. The van der Waals surface area contributed by atoms with Crippen molar-refractivity contribution in [1.29, 1.82) is 0 Å². The zero-order valence-electron chi connectivity index (χ0n) is 11.1. The molecule has 1 N–H and O–H groups in total. The molecule has 1 aromatic rings. The molecule has 100 valence electrons. The fraction of sp³-hybridized carbons (Fsp3) is 0.500. The van der Waals surface area contributed by atoms with Gasteiger partial charge in [0.25, 0.3) is 0 Å². The van der Waals surface area contributed by atoms with Gasteiger partial charge in [0.2, 0.25) is 0 Å². The first-order valence-electron chi connectivity index (χ1n) is 6.03. The van der Waals surface area contributed by atoms with E-state index in [9.17, 15) is 4.79 Å². The maximum atomic E-state index is 11.8. The van der Waals surface area contributed by atoms with E-state index >= 15 is 0 Å². The molecule has 1 aromatic carbocycles. The minimum Gasteiger partial charge on any atom is -0.444 e. The molecule has 0 aromatic heterocycles. The molecule has 3 nitrogen and oxygen atoms in total. The van der Waals surface area contributed by atoms with E-state index in [1.807, 2.05) is 51.1 Å². The molecule has 4 heteroatoms. The Hall–Kier alpha value is -1.03. The largest absolute Gasteiger partial charge is 0.444 e. The molecule has 0 aliphatic heterocycles. The number of amides is 1. The molecule has 0 aliphatic carbocycles. The number of hydrogen-bond donors (Lipinski definition) is 1. The second kappa shape index (κ2) is 6.78. The smallest absolute Gasteiger partial charge is 0.408 e. The standard InChI is InChI=1S/C14H20BrNO2/c1-14(2,3)18-13(17)16-12(9-10-15)11-7-5-4-6-8-11/h4-8,12H,9-10H2,1-3H3,(H,16,17). The fourth-order valence-corrected chi connectivity index (χ4v) is 2.02. The molecule has 0 heterocycles. The Bertz CT molecular complexity index is 373. The van der Waals surface area contributed by atoms with Crippen LogP contribution in [0.4, 0.5) is 4.79 Å². The Labute approximate surface area is 117 Å². The van der Waals surface area contributed by atoms with Crippen molar-refractivity contribution in [2.24, 2.45) is 0 Å². The van der Waals surface area contributed by atoms with Gasteiger partial charge in [0.1, 0.15) is 5.60 Å². The summed E-state index contributed by atoms with van der Waals surface area (Å²) in [6.07, 6.45) is 0.445. The van der Waals surface area contributed by atoms with E-state index in [2.05, 4.69) is 21.2 Å². The van der Waals surface area contributed by atoms with Crippen molar-refractivity contribution in [2.45, 2.75) is 38.8 Å². The maximum absolute atomic E-state index is 11.8. The van der Waals surface area contributed by atoms with Crippen LogP contribution >= 0.6 is 15.9 Å². The van der Waals surface area contributed by atoms with E-state index in [-0.39, 0.29) is 12.1 Å². The van der Waals surface area contributed by atoms with Crippen molar-refractivity contribution < 1.29 is 9.53 Å². The Morgan fingerprint density at radius 2 is 1.94 bits per heavy atom. The molecular formula is C14H20BrNO2. The number of benzene rings is 1. The van der Waals surface area contributed by atoms with Gasteiger partial charge in [0.15, 0.2) is 0 Å². The van der Waals surface area contributed by atoms with Crippen LogP contribution in [0, 0.1) is 0 Å². The molecular weight excluding hydrogens is 294 g/mol. The minimum absolute atomic E-state index is 0.0274. The molecule has 18 heavy (non-hydrogen) atoms. The quantitative estimate of drug-likeness (QED) is 0.852. The van der Waals surface area contributed by atoms with Crippen LogP contribution in [0.15, 0.2) is 30.3 Å². The molecule has 0 saturated carbocycles. The third-order valence-corrected chi connectivity index (χ3v) is 2.75. The molecule has 1 rings (SSSR count). The highest BCUT2D eigenvalue weighted by Crippen LogP contribution is 2.18. The minimum atomic E-state index is -0.472. The van der Waals surface area contributed by atoms with E-state index in [1.54, 1.807) is 0 Å². The van der Waals surface area contributed by atoms with Crippen LogP contribution in [0.1, 0.15) is 38.8 Å². The summed E-state index contributed by atoms with van der Waals surface area (Å²) in [4.78, 5) is 11.8. The highest BCUT2D eigenvalue weighted by atomic mass is 79.9. The van der Waals surface area contributed by atoms with E-state index in [4.69, 9.17) is 4.74 Å². The Balaban J connectivity index is 2.67. The van der Waals surface area contributed by atoms with Gasteiger partial charge >= 0.3 is 6.09 Å². The Morgan fingerprint density at radius 3 is 2.44 bits per heavy atom. The zero-order chi connectivity index (χ0) is 13.6. The maximum Gasteiger partial charge on any atom is 0.408 e. The number of nitrogens with one attached hydrogen (secondary N) is 1. The summed E-state index contributed by atoms with van der Waals surface area (Å²) in [5, 5.41) is 3.72. The molecule has 0 bridgehead atoms. The van der Waals surface area contributed by atoms with Gasteiger partial charge in [-0.15, -0.1) is 0 Å². The van der Waals surface area contributed by atoms with Gasteiger partial charge in [-0.25, -0.2) is 4.79 Å². The second-order valence-electron chi connectivity index (χ2n) is 5.09. The van der Waals surface area contributed by atoms with Gasteiger partial charge < -0.3 is 10.1 Å². The lowest BCUT2D eigenvalue weighted by Crippen LogP contribution is -2.35. The lowest BCUT2D eigenvalue weighted by molar-refractivity contribution is 0.0502. The lowest BCUT2D eigenvalue weighted by atomic mass is 10.1. The topological polar surface area (TPSA) is 38.3 Å². The van der Waals surface area contributed by atoms with Crippen molar-refractivity contribution in [3.63, 3.8) is 0 Å². The first kappa shape index (κ1) is 15.0. The van der Waals surface area contributed by atoms with Crippen LogP contribution in [0.5, 0.6) is 0 Å². The average Bonchev–Trinajstić information content (AvgIpc) is 2.27. The Kier molecular flexibility index (Phi) is 5.66. The summed E-state index contributed by atoms with van der Waals surface area (Å²) in [6, 6.07) is 9.87. The van der Waals surface area contributed by atoms with Gasteiger partial charge in [0, 0.05) is 5.33 Å². The summed E-state index contributed by atoms with van der Waals surface area (Å²) in [6.45, 7) is 5.57. The number of ether oxygens (including phenoxy) is 1. The number of carbonyl (C=O) groups is 1. The average molecular weight is 314 g/mol. The van der Waals surface area contributed by atoms with Crippen LogP contribution in [0.3, 0.4) is 0 Å². The molecule has 0 aliphatic rings. The van der Waals surface area contributed by atoms with E-state index in [1.165, 1.54) is 0 Å². The number of alkyl carbamates (subject to hydrolysis) is 1. The predicted octanol–water partition coefficient (Wildman–Crippen LogP) is 4.04. The number of alkyl halides is 1. The summed E-state index contributed by atoms with van der Waals surface area (Å²) >= 11 is 3.41. The number of carbonyl (C=O) groups excluding carboxylic acids is 1. The third kappa shape index (κ3) is 5.54. The van der Waals surface area contributed by atoms with Gasteiger partial charge in [-0.1, -0.05) is 46.3 Å². The Morgan fingerprint density at radius 1 is 1.33 bits per heavy atom. The molecule has 1 atom stereocenters. The molecule has 0 saturated heterocycles. The van der Waals surface area contributed by atoms with Crippen LogP contribution < -0.4 is 5.32 Å². The van der Waals surface area contributed by atoms with Crippen LogP contribution in [0.2, 0.25) is 0 Å².